The quantitative estimate of drug-likeness (QED) is 0.332. The zero-order chi connectivity index (χ0) is 34.4. The number of piperidine rings is 1. The Bertz CT molecular complexity index is 1740. The fraction of sp³-hybridized carbons (Fsp3) is 0.556. The van der Waals surface area contributed by atoms with Crippen molar-refractivity contribution in [2.75, 3.05) is 46.9 Å². The van der Waals surface area contributed by atoms with E-state index in [9.17, 15) is 19.2 Å². The minimum Gasteiger partial charge on any atom is -0.497 e. The first-order valence-corrected chi connectivity index (χ1v) is 16.8. The van der Waals surface area contributed by atoms with Gasteiger partial charge in [-0.3, -0.25) is 28.5 Å². The first-order valence-electron chi connectivity index (χ1n) is 16.8. The largest absolute Gasteiger partial charge is 0.497 e. The standard InChI is InChI=1S/C36H47N5O7/c1-35(2,3)48-34(45)39-18-16-38(17-19-39)23-36(47-6)20-25(21-36)27-8-7-9-28-31(27)37(4)33(44)41(28)29-14-15-30(42)40(32(29)43)22-24-10-12-26(46-5)13-11-24/h7-13,25,29H,14-23H2,1-6H3. The zero-order valence-electron chi connectivity index (χ0n) is 28.9. The third kappa shape index (κ3) is 6.47. The highest BCUT2D eigenvalue weighted by atomic mass is 16.6. The first-order chi connectivity index (χ1) is 22.8. The molecule has 12 heteroatoms. The van der Waals surface area contributed by atoms with Crippen molar-refractivity contribution >= 4 is 28.9 Å². The van der Waals surface area contributed by atoms with E-state index in [-0.39, 0.29) is 54.5 Å². The zero-order valence-corrected chi connectivity index (χ0v) is 28.9. The number of fused-ring (bicyclic) bond motifs is 1. The number of piperazine rings is 1. The van der Waals surface area contributed by atoms with Gasteiger partial charge in [-0.1, -0.05) is 24.3 Å². The summed E-state index contributed by atoms with van der Waals surface area (Å²) in [4.78, 5) is 58.5. The Labute approximate surface area is 281 Å². The number of aryl methyl sites for hydroxylation is 1. The van der Waals surface area contributed by atoms with Gasteiger partial charge in [-0.15, -0.1) is 0 Å². The van der Waals surface area contributed by atoms with Crippen LogP contribution in [-0.2, 0) is 32.7 Å². The molecule has 0 radical (unpaired) electrons. The maximum absolute atomic E-state index is 13.8. The lowest BCUT2D eigenvalue weighted by molar-refractivity contribution is -0.151. The molecular formula is C36H47N5O7. The van der Waals surface area contributed by atoms with E-state index in [0.29, 0.717) is 24.4 Å². The van der Waals surface area contributed by atoms with Crippen molar-refractivity contribution in [2.24, 2.45) is 7.05 Å². The van der Waals surface area contributed by atoms with E-state index in [1.54, 1.807) is 47.4 Å². The van der Waals surface area contributed by atoms with Crippen molar-refractivity contribution in [3.63, 3.8) is 0 Å². The third-order valence-corrected chi connectivity index (χ3v) is 10.1. The molecule has 12 nitrogen and oxygen atoms in total. The fourth-order valence-corrected chi connectivity index (χ4v) is 7.48. The van der Waals surface area contributed by atoms with E-state index in [1.807, 2.05) is 45.0 Å². The molecule has 3 amide bonds. The van der Waals surface area contributed by atoms with Crippen molar-refractivity contribution in [3.8, 4) is 5.75 Å². The van der Waals surface area contributed by atoms with E-state index < -0.39 is 11.6 Å². The number of imidazole rings is 1. The number of hydrogen-bond acceptors (Lipinski definition) is 8. The SMILES string of the molecule is COc1ccc(CN2C(=O)CCC(n3c(=O)n(C)c4c(C5CC(CN6CCN(C(=O)OC(C)(C)C)CC6)(OC)C5)cccc43)C2=O)cc1. The van der Waals surface area contributed by atoms with Gasteiger partial charge in [0.05, 0.1) is 30.3 Å². The first kappa shape index (κ1) is 33.7. The molecule has 2 aromatic carbocycles. The van der Waals surface area contributed by atoms with Crippen LogP contribution in [0.3, 0.4) is 0 Å². The summed E-state index contributed by atoms with van der Waals surface area (Å²) < 4.78 is 20.1. The number of imide groups is 1. The van der Waals surface area contributed by atoms with Gasteiger partial charge in [-0.25, -0.2) is 9.59 Å². The van der Waals surface area contributed by atoms with Gasteiger partial charge in [0.15, 0.2) is 0 Å². The van der Waals surface area contributed by atoms with Crippen LogP contribution >= 0.6 is 0 Å². The second kappa shape index (κ2) is 13.0. The maximum Gasteiger partial charge on any atom is 0.410 e. The maximum atomic E-state index is 13.8. The number of carbonyl (C=O) groups excluding carboxylic acids is 3. The lowest BCUT2D eigenvalue weighted by Gasteiger charge is -2.50. The highest BCUT2D eigenvalue weighted by Gasteiger charge is 2.48. The van der Waals surface area contributed by atoms with Crippen LogP contribution < -0.4 is 10.4 Å². The Morgan fingerprint density at radius 2 is 1.65 bits per heavy atom. The number of carbonyl (C=O) groups is 3. The molecule has 0 N–H and O–H groups in total. The molecule has 2 aliphatic heterocycles. The monoisotopic (exact) mass is 661 g/mol. The number of ether oxygens (including phenoxy) is 3. The molecular weight excluding hydrogens is 614 g/mol. The van der Waals surface area contributed by atoms with E-state index in [0.717, 1.165) is 49.1 Å². The summed E-state index contributed by atoms with van der Waals surface area (Å²) in [5.41, 5.74) is 2.26. The minimum absolute atomic E-state index is 0.139. The lowest BCUT2D eigenvalue weighted by atomic mass is 9.67. The van der Waals surface area contributed by atoms with Crippen molar-refractivity contribution < 1.29 is 28.6 Å². The summed E-state index contributed by atoms with van der Waals surface area (Å²) in [6.45, 7) is 9.23. The molecule has 1 unspecified atom stereocenters. The van der Waals surface area contributed by atoms with Crippen LogP contribution in [0, 0.1) is 0 Å². The second-order valence-electron chi connectivity index (χ2n) is 14.4. The number of amides is 3. The highest BCUT2D eigenvalue weighted by Crippen LogP contribution is 2.49. The predicted molar refractivity (Wildman–Crippen MR) is 180 cm³/mol. The van der Waals surface area contributed by atoms with Gasteiger partial charge in [-0.05, 0) is 75.3 Å². The molecule has 48 heavy (non-hydrogen) atoms. The van der Waals surface area contributed by atoms with Gasteiger partial charge in [-0.2, -0.15) is 0 Å². The van der Waals surface area contributed by atoms with Gasteiger partial charge < -0.3 is 19.1 Å². The summed E-state index contributed by atoms with van der Waals surface area (Å²) in [7, 11) is 5.10. The summed E-state index contributed by atoms with van der Waals surface area (Å²) in [6.07, 6.45) is 1.77. The number of likely N-dealkylation sites (tertiary alicyclic amines) is 1. The number of rotatable bonds is 8. The van der Waals surface area contributed by atoms with Crippen molar-refractivity contribution in [3.05, 3.63) is 64.1 Å². The summed E-state index contributed by atoms with van der Waals surface area (Å²) >= 11 is 0. The Kier molecular flexibility index (Phi) is 9.16. The molecule has 1 saturated carbocycles. The van der Waals surface area contributed by atoms with Crippen LogP contribution in [0.5, 0.6) is 5.75 Å². The number of nitrogens with zero attached hydrogens (tertiary/aromatic N) is 5. The van der Waals surface area contributed by atoms with Crippen LogP contribution in [0.15, 0.2) is 47.3 Å². The molecule has 258 valence electrons. The van der Waals surface area contributed by atoms with Crippen molar-refractivity contribution in [1.82, 2.24) is 23.8 Å². The normalized spacial score (nSPS) is 23.8. The Balaban J connectivity index is 1.17. The molecule has 2 saturated heterocycles. The molecule has 0 spiro atoms. The Hall–Kier alpha value is -4.16. The highest BCUT2D eigenvalue weighted by molar-refractivity contribution is 6.00. The molecule has 6 rings (SSSR count). The van der Waals surface area contributed by atoms with E-state index in [1.165, 1.54) is 4.90 Å². The predicted octanol–water partition coefficient (Wildman–Crippen LogP) is 4.05. The molecule has 1 aliphatic carbocycles. The summed E-state index contributed by atoms with van der Waals surface area (Å²) in [6, 6.07) is 12.4. The molecule has 1 atom stereocenters. The molecule has 0 bridgehead atoms. The lowest BCUT2D eigenvalue weighted by Crippen LogP contribution is -2.57. The van der Waals surface area contributed by atoms with Gasteiger partial charge in [0.1, 0.15) is 17.4 Å². The average Bonchev–Trinajstić information content (AvgIpc) is 3.30. The average molecular weight is 662 g/mol. The van der Waals surface area contributed by atoms with E-state index in [4.69, 9.17) is 14.2 Å². The molecule has 3 fully saturated rings. The van der Waals surface area contributed by atoms with Crippen molar-refractivity contribution in [1.29, 1.82) is 0 Å². The van der Waals surface area contributed by atoms with Crippen molar-refractivity contribution in [2.45, 2.75) is 76.2 Å². The van der Waals surface area contributed by atoms with E-state index in [2.05, 4.69) is 11.0 Å². The van der Waals surface area contributed by atoms with Gasteiger partial charge >= 0.3 is 11.8 Å². The minimum atomic E-state index is -0.772. The van der Waals surface area contributed by atoms with Crippen LogP contribution in [0.2, 0.25) is 0 Å². The number of hydrogen-bond donors (Lipinski definition) is 0. The second-order valence-corrected chi connectivity index (χ2v) is 14.4. The van der Waals surface area contributed by atoms with Crippen LogP contribution in [0.25, 0.3) is 11.0 Å². The third-order valence-electron chi connectivity index (χ3n) is 10.1. The fourth-order valence-electron chi connectivity index (χ4n) is 7.48. The van der Waals surface area contributed by atoms with Gasteiger partial charge in [0.2, 0.25) is 5.91 Å². The number of para-hydroxylation sites is 1. The Morgan fingerprint density at radius 3 is 2.27 bits per heavy atom. The summed E-state index contributed by atoms with van der Waals surface area (Å²) in [5.74, 6) is 0.264. The molecule has 3 aliphatic rings. The Morgan fingerprint density at radius 1 is 0.958 bits per heavy atom. The number of aromatic nitrogens is 2. The van der Waals surface area contributed by atoms with E-state index >= 15 is 0 Å². The molecule has 1 aromatic heterocycles. The molecule has 3 aromatic rings. The van der Waals surface area contributed by atoms with Crippen LogP contribution in [-0.4, -0.2) is 99.9 Å². The number of methoxy groups -OCH3 is 2. The smallest absolute Gasteiger partial charge is 0.410 e. The van der Waals surface area contributed by atoms with Gasteiger partial charge in [0.25, 0.3) is 5.91 Å². The molecule has 3 heterocycles. The summed E-state index contributed by atoms with van der Waals surface area (Å²) in [5, 5.41) is 0. The van der Waals surface area contributed by atoms with Gasteiger partial charge in [0, 0.05) is 53.3 Å². The van der Waals surface area contributed by atoms with Crippen LogP contribution in [0.1, 0.15) is 69.5 Å². The number of benzene rings is 2. The van der Waals surface area contributed by atoms with Crippen LogP contribution in [0.4, 0.5) is 4.79 Å². The topological polar surface area (TPSA) is 116 Å².